The van der Waals surface area contributed by atoms with Crippen molar-refractivity contribution in [3.8, 4) is 0 Å². The maximum atomic E-state index is 12.1. The van der Waals surface area contributed by atoms with E-state index in [9.17, 15) is 9.59 Å². The van der Waals surface area contributed by atoms with Crippen molar-refractivity contribution in [2.75, 3.05) is 6.61 Å². The lowest BCUT2D eigenvalue weighted by Gasteiger charge is -2.04. The van der Waals surface area contributed by atoms with Crippen LogP contribution in [-0.2, 0) is 16.1 Å². The first-order valence-electron chi connectivity index (χ1n) is 7.38. The smallest absolute Gasteiger partial charge is 0.377 e. The number of carbonyl (C=O) groups excluding carboxylic acids is 2. The highest BCUT2D eigenvalue weighted by Gasteiger charge is 2.23. The van der Waals surface area contributed by atoms with Crippen molar-refractivity contribution >= 4 is 22.9 Å². The van der Waals surface area contributed by atoms with Crippen LogP contribution in [0.15, 0.2) is 39.3 Å². The number of rotatable bonds is 5. The number of esters is 2. The molecule has 3 rings (SSSR count). The molecule has 7 heteroatoms. The molecule has 0 aliphatic heterocycles. The van der Waals surface area contributed by atoms with Crippen molar-refractivity contribution in [3.63, 3.8) is 0 Å². The Hall–Kier alpha value is -3.09. The summed E-state index contributed by atoms with van der Waals surface area (Å²) in [7, 11) is 0. The number of furan rings is 1. The summed E-state index contributed by atoms with van der Waals surface area (Å²) in [6.45, 7) is 3.46. The van der Waals surface area contributed by atoms with Crippen molar-refractivity contribution < 1.29 is 28.0 Å². The van der Waals surface area contributed by atoms with Crippen molar-refractivity contribution in [2.24, 2.45) is 0 Å². The molecule has 0 saturated carbocycles. The predicted octanol–water partition coefficient (Wildman–Crippen LogP) is 3.26. The second-order valence-corrected chi connectivity index (χ2v) is 5.04. The summed E-state index contributed by atoms with van der Waals surface area (Å²) < 4.78 is 20.6. The van der Waals surface area contributed by atoms with Crippen LogP contribution in [0.4, 0.5) is 0 Å². The van der Waals surface area contributed by atoms with Crippen LogP contribution in [0.3, 0.4) is 0 Å². The number of aryl methyl sites for hydroxylation is 1. The van der Waals surface area contributed by atoms with Gasteiger partial charge in [-0.3, -0.25) is 0 Å². The van der Waals surface area contributed by atoms with E-state index in [0.717, 1.165) is 0 Å². The molecule has 0 spiro atoms. The first-order valence-corrected chi connectivity index (χ1v) is 7.38. The molecule has 2 aromatic heterocycles. The first kappa shape index (κ1) is 15.8. The van der Waals surface area contributed by atoms with E-state index in [2.05, 4.69) is 5.16 Å². The lowest BCUT2D eigenvalue weighted by atomic mass is 10.1. The molecule has 0 aliphatic carbocycles. The molecule has 0 N–H and O–H groups in total. The van der Waals surface area contributed by atoms with Crippen molar-refractivity contribution in [3.05, 3.63) is 53.1 Å². The number of nitrogens with zero attached hydrogens (tertiary/aromatic N) is 1. The summed E-state index contributed by atoms with van der Waals surface area (Å²) in [4.78, 5) is 24.1. The van der Waals surface area contributed by atoms with E-state index < -0.39 is 11.9 Å². The van der Waals surface area contributed by atoms with Crippen LogP contribution >= 0.6 is 0 Å². The third-order valence-electron chi connectivity index (χ3n) is 3.34. The van der Waals surface area contributed by atoms with Gasteiger partial charge in [0.1, 0.15) is 12.2 Å². The Morgan fingerprint density at radius 3 is 2.67 bits per heavy atom. The van der Waals surface area contributed by atoms with E-state index in [-0.39, 0.29) is 24.7 Å². The molecular formula is C17H15NO6. The van der Waals surface area contributed by atoms with E-state index in [1.807, 2.05) is 0 Å². The average molecular weight is 329 g/mol. The van der Waals surface area contributed by atoms with Crippen molar-refractivity contribution in [1.29, 1.82) is 0 Å². The molecule has 0 unspecified atom stereocenters. The lowest BCUT2D eigenvalue weighted by Crippen LogP contribution is -2.09. The molecule has 124 valence electrons. The average Bonchev–Trinajstić information content (AvgIpc) is 3.16. The van der Waals surface area contributed by atoms with Crippen LogP contribution in [0.2, 0.25) is 0 Å². The van der Waals surface area contributed by atoms with Gasteiger partial charge in [-0.15, -0.1) is 0 Å². The number of para-hydroxylation sites is 1. The Balaban J connectivity index is 1.88. The van der Waals surface area contributed by atoms with Gasteiger partial charge < -0.3 is 18.4 Å². The summed E-state index contributed by atoms with van der Waals surface area (Å²) in [6.07, 6.45) is 0. The fraction of sp³-hybridized carbons (Fsp3) is 0.235. The van der Waals surface area contributed by atoms with Crippen LogP contribution < -0.4 is 0 Å². The molecule has 24 heavy (non-hydrogen) atoms. The van der Waals surface area contributed by atoms with Gasteiger partial charge in [-0.1, -0.05) is 23.4 Å². The number of fused-ring (bicyclic) bond motifs is 1. The SMILES string of the molecule is CCOC(=O)c1oc2ccccc2c1COC(=O)c1cc(C)no1. The van der Waals surface area contributed by atoms with Gasteiger partial charge in [0, 0.05) is 11.5 Å². The molecule has 0 aliphatic rings. The summed E-state index contributed by atoms with van der Waals surface area (Å²) in [5, 5.41) is 4.32. The molecule has 0 bridgehead atoms. The maximum absolute atomic E-state index is 12.1. The molecule has 1 aromatic carbocycles. The van der Waals surface area contributed by atoms with Crippen LogP contribution in [-0.4, -0.2) is 23.7 Å². The second-order valence-electron chi connectivity index (χ2n) is 5.04. The van der Waals surface area contributed by atoms with Gasteiger partial charge in [0.2, 0.25) is 11.5 Å². The molecule has 0 radical (unpaired) electrons. The van der Waals surface area contributed by atoms with E-state index in [1.54, 1.807) is 38.1 Å². The minimum absolute atomic E-state index is 0.00187. The fourth-order valence-electron chi connectivity index (χ4n) is 2.27. The van der Waals surface area contributed by atoms with E-state index in [0.29, 0.717) is 22.2 Å². The molecular weight excluding hydrogens is 314 g/mol. The zero-order valence-electron chi connectivity index (χ0n) is 13.2. The van der Waals surface area contributed by atoms with Gasteiger partial charge in [0.15, 0.2) is 0 Å². The Labute approximate surface area is 137 Å². The minimum Gasteiger partial charge on any atom is -0.460 e. The summed E-state index contributed by atoms with van der Waals surface area (Å²) in [5.41, 5.74) is 1.54. The van der Waals surface area contributed by atoms with Gasteiger partial charge in [-0.05, 0) is 19.9 Å². The minimum atomic E-state index is -0.671. The molecule has 0 saturated heterocycles. The quantitative estimate of drug-likeness (QED) is 0.663. The first-order chi connectivity index (χ1) is 11.6. The predicted molar refractivity (Wildman–Crippen MR) is 82.5 cm³/mol. The lowest BCUT2D eigenvalue weighted by molar-refractivity contribution is 0.0403. The zero-order valence-corrected chi connectivity index (χ0v) is 13.2. The van der Waals surface area contributed by atoms with Crippen LogP contribution in [0.1, 0.15) is 39.3 Å². The van der Waals surface area contributed by atoms with Gasteiger partial charge in [0.05, 0.1) is 17.9 Å². The number of benzene rings is 1. The number of hydrogen-bond acceptors (Lipinski definition) is 7. The van der Waals surface area contributed by atoms with Gasteiger partial charge in [0.25, 0.3) is 0 Å². The monoisotopic (exact) mass is 329 g/mol. The van der Waals surface area contributed by atoms with Crippen molar-refractivity contribution in [1.82, 2.24) is 5.16 Å². The zero-order chi connectivity index (χ0) is 17.1. The molecule has 0 fully saturated rings. The van der Waals surface area contributed by atoms with Crippen molar-refractivity contribution in [2.45, 2.75) is 20.5 Å². The summed E-state index contributed by atoms with van der Waals surface area (Å²) >= 11 is 0. The standard InChI is InChI=1S/C17H15NO6/c1-3-21-17(20)15-12(11-6-4-5-7-13(11)23-15)9-22-16(19)14-8-10(2)18-24-14/h4-8H,3,9H2,1-2H3. The summed E-state index contributed by atoms with van der Waals surface area (Å²) in [6, 6.07) is 8.57. The van der Waals surface area contributed by atoms with E-state index in [1.165, 1.54) is 6.07 Å². The maximum Gasteiger partial charge on any atom is 0.377 e. The number of carbonyl (C=O) groups is 2. The Kier molecular flexibility index (Phi) is 4.33. The second kappa shape index (κ2) is 6.57. The topological polar surface area (TPSA) is 91.8 Å². The Morgan fingerprint density at radius 1 is 1.17 bits per heavy atom. The fourth-order valence-corrected chi connectivity index (χ4v) is 2.27. The van der Waals surface area contributed by atoms with Gasteiger partial charge in [-0.2, -0.15) is 0 Å². The third-order valence-corrected chi connectivity index (χ3v) is 3.34. The van der Waals surface area contributed by atoms with E-state index >= 15 is 0 Å². The number of hydrogen-bond donors (Lipinski definition) is 0. The molecule has 0 amide bonds. The number of ether oxygens (including phenoxy) is 2. The third kappa shape index (κ3) is 3.01. The molecule has 7 nitrogen and oxygen atoms in total. The van der Waals surface area contributed by atoms with E-state index in [4.69, 9.17) is 18.4 Å². The van der Waals surface area contributed by atoms with Crippen LogP contribution in [0.25, 0.3) is 11.0 Å². The highest BCUT2D eigenvalue weighted by molar-refractivity contribution is 5.96. The number of aromatic nitrogens is 1. The highest BCUT2D eigenvalue weighted by Crippen LogP contribution is 2.27. The summed E-state index contributed by atoms with van der Waals surface area (Å²) in [5.74, 6) is -1.25. The Morgan fingerprint density at radius 2 is 1.96 bits per heavy atom. The largest absolute Gasteiger partial charge is 0.460 e. The Bertz CT molecular complexity index is 892. The normalized spacial score (nSPS) is 10.8. The van der Waals surface area contributed by atoms with Gasteiger partial charge >= 0.3 is 11.9 Å². The van der Waals surface area contributed by atoms with Gasteiger partial charge in [-0.25, -0.2) is 9.59 Å². The molecule has 3 aromatic rings. The molecule has 0 atom stereocenters. The highest BCUT2D eigenvalue weighted by atomic mass is 16.6. The van der Waals surface area contributed by atoms with Crippen LogP contribution in [0.5, 0.6) is 0 Å². The molecule has 2 heterocycles. The van der Waals surface area contributed by atoms with Crippen LogP contribution in [0, 0.1) is 6.92 Å².